The van der Waals surface area contributed by atoms with Gasteiger partial charge in [-0.2, -0.15) is 0 Å². The van der Waals surface area contributed by atoms with E-state index < -0.39 is 10.0 Å². The molecule has 0 bridgehead atoms. The SMILES string of the molecule is CCN(c1ccccc1)S(=O)(=O)c1ccc(N[C@@H](C)COC)nc1. The van der Waals surface area contributed by atoms with Crippen LogP contribution in [-0.2, 0) is 14.8 Å². The molecule has 0 amide bonds. The Morgan fingerprint density at radius 1 is 1.21 bits per heavy atom. The zero-order chi connectivity index (χ0) is 17.6. The fourth-order valence-electron chi connectivity index (χ4n) is 2.38. The maximum Gasteiger partial charge on any atom is 0.265 e. The van der Waals surface area contributed by atoms with Crippen LogP contribution in [0.15, 0.2) is 53.6 Å². The van der Waals surface area contributed by atoms with Gasteiger partial charge in [-0.1, -0.05) is 18.2 Å². The second-order valence-corrected chi connectivity index (χ2v) is 7.25. The van der Waals surface area contributed by atoms with E-state index in [4.69, 9.17) is 4.74 Å². The van der Waals surface area contributed by atoms with Gasteiger partial charge in [-0.15, -0.1) is 0 Å². The van der Waals surface area contributed by atoms with Gasteiger partial charge in [-0.3, -0.25) is 4.31 Å². The summed E-state index contributed by atoms with van der Waals surface area (Å²) in [6, 6.07) is 12.3. The number of methoxy groups -OCH3 is 1. The number of anilines is 2. The summed E-state index contributed by atoms with van der Waals surface area (Å²) in [6.07, 6.45) is 1.38. The minimum absolute atomic E-state index is 0.0846. The van der Waals surface area contributed by atoms with E-state index in [2.05, 4.69) is 10.3 Å². The summed E-state index contributed by atoms with van der Waals surface area (Å²) in [5.41, 5.74) is 0.635. The predicted octanol–water partition coefficient (Wildman–Crippen LogP) is 2.74. The fraction of sp³-hybridized carbons (Fsp3) is 0.353. The molecule has 0 saturated carbocycles. The van der Waals surface area contributed by atoms with Crippen molar-refractivity contribution >= 4 is 21.5 Å². The van der Waals surface area contributed by atoms with Crippen LogP contribution in [0.5, 0.6) is 0 Å². The van der Waals surface area contributed by atoms with E-state index in [0.717, 1.165) is 0 Å². The molecule has 24 heavy (non-hydrogen) atoms. The Morgan fingerprint density at radius 2 is 1.92 bits per heavy atom. The van der Waals surface area contributed by atoms with Crippen LogP contribution in [-0.4, -0.2) is 39.7 Å². The highest BCUT2D eigenvalue weighted by Crippen LogP contribution is 2.23. The monoisotopic (exact) mass is 349 g/mol. The lowest BCUT2D eigenvalue weighted by Gasteiger charge is -2.23. The second-order valence-electron chi connectivity index (χ2n) is 5.39. The molecule has 2 rings (SSSR count). The molecule has 6 nitrogen and oxygen atoms in total. The molecule has 7 heteroatoms. The summed E-state index contributed by atoms with van der Waals surface area (Å²) in [4.78, 5) is 4.37. The molecule has 0 unspecified atom stereocenters. The van der Waals surface area contributed by atoms with Gasteiger partial charge in [-0.05, 0) is 38.1 Å². The number of hydrogen-bond donors (Lipinski definition) is 1. The number of benzene rings is 1. The van der Waals surface area contributed by atoms with E-state index in [1.807, 2.05) is 25.1 Å². The highest BCUT2D eigenvalue weighted by molar-refractivity contribution is 7.92. The third-order valence-corrected chi connectivity index (χ3v) is 5.35. The van der Waals surface area contributed by atoms with Crippen molar-refractivity contribution < 1.29 is 13.2 Å². The van der Waals surface area contributed by atoms with E-state index >= 15 is 0 Å². The lowest BCUT2D eigenvalue weighted by atomic mass is 10.3. The first-order valence-corrected chi connectivity index (χ1v) is 9.22. The maximum atomic E-state index is 12.8. The summed E-state index contributed by atoms with van der Waals surface area (Å²) in [6.45, 7) is 4.65. The molecule has 0 aliphatic rings. The third-order valence-electron chi connectivity index (χ3n) is 3.47. The number of sulfonamides is 1. The van der Waals surface area contributed by atoms with Gasteiger partial charge < -0.3 is 10.1 Å². The zero-order valence-corrected chi connectivity index (χ0v) is 15.0. The first kappa shape index (κ1) is 18.2. The van der Waals surface area contributed by atoms with Gasteiger partial charge in [0.25, 0.3) is 10.0 Å². The van der Waals surface area contributed by atoms with E-state index in [1.165, 1.54) is 10.5 Å². The Balaban J connectivity index is 2.23. The molecule has 0 spiro atoms. The average molecular weight is 349 g/mol. The highest BCUT2D eigenvalue weighted by Gasteiger charge is 2.23. The topological polar surface area (TPSA) is 71.5 Å². The summed E-state index contributed by atoms with van der Waals surface area (Å²) >= 11 is 0. The van der Waals surface area contributed by atoms with Crippen molar-refractivity contribution in [1.82, 2.24) is 4.98 Å². The van der Waals surface area contributed by atoms with Gasteiger partial charge >= 0.3 is 0 Å². The lowest BCUT2D eigenvalue weighted by Crippen LogP contribution is -2.30. The molecule has 0 saturated heterocycles. The minimum atomic E-state index is -3.64. The normalized spacial score (nSPS) is 12.6. The van der Waals surface area contributed by atoms with Crippen LogP contribution in [0.3, 0.4) is 0 Å². The summed E-state index contributed by atoms with van der Waals surface area (Å²) < 4.78 is 32.1. The number of nitrogens with zero attached hydrogens (tertiary/aromatic N) is 2. The average Bonchev–Trinajstić information content (AvgIpc) is 2.57. The molecule has 0 aliphatic carbocycles. The molecule has 1 atom stereocenters. The van der Waals surface area contributed by atoms with Crippen LogP contribution in [0.1, 0.15) is 13.8 Å². The number of para-hydroxylation sites is 1. The number of rotatable bonds is 8. The van der Waals surface area contributed by atoms with Gasteiger partial charge in [0.15, 0.2) is 0 Å². The van der Waals surface area contributed by atoms with Gasteiger partial charge in [0.05, 0.1) is 12.3 Å². The summed E-state index contributed by atoms with van der Waals surface area (Å²) in [7, 11) is -2.01. The Labute approximate surface area is 143 Å². The quantitative estimate of drug-likeness (QED) is 0.793. The van der Waals surface area contributed by atoms with Gasteiger partial charge in [-0.25, -0.2) is 13.4 Å². The molecule has 1 N–H and O–H groups in total. The van der Waals surface area contributed by atoms with Gasteiger partial charge in [0, 0.05) is 25.9 Å². The lowest BCUT2D eigenvalue weighted by molar-refractivity contribution is 0.190. The van der Waals surface area contributed by atoms with Crippen LogP contribution in [0, 0.1) is 0 Å². The van der Waals surface area contributed by atoms with Gasteiger partial charge in [0.2, 0.25) is 0 Å². The van der Waals surface area contributed by atoms with Crippen molar-refractivity contribution in [2.75, 3.05) is 29.9 Å². The molecule has 130 valence electrons. The molecular formula is C17H23N3O3S. The first-order chi connectivity index (χ1) is 11.5. The zero-order valence-electron chi connectivity index (χ0n) is 14.1. The maximum absolute atomic E-state index is 12.8. The fourth-order valence-corrected chi connectivity index (χ4v) is 3.79. The number of ether oxygens (including phenoxy) is 1. The van der Waals surface area contributed by atoms with Crippen LogP contribution in [0.2, 0.25) is 0 Å². The number of hydrogen-bond acceptors (Lipinski definition) is 5. The smallest absolute Gasteiger partial charge is 0.265 e. The molecule has 1 aromatic heterocycles. The summed E-state index contributed by atoms with van der Waals surface area (Å²) in [5.74, 6) is 0.612. The first-order valence-electron chi connectivity index (χ1n) is 7.78. The Bertz CT molecular complexity index is 733. The van der Waals surface area contributed by atoms with Crippen LogP contribution in [0.4, 0.5) is 11.5 Å². The van der Waals surface area contributed by atoms with Crippen molar-refractivity contribution in [3.8, 4) is 0 Å². The Morgan fingerprint density at radius 3 is 2.46 bits per heavy atom. The van der Waals surface area contributed by atoms with Crippen molar-refractivity contribution in [3.05, 3.63) is 48.7 Å². The van der Waals surface area contributed by atoms with Crippen molar-refractivity contribution in [2.24, 2.45) is 0 Å². The van der Waals surface area contributed by atoms with Crippen molar-refractivity contribution in [3.63, 3.8) is 0 Å². The van der Waals surface area contributed by atoms with E-state index in [1.54, 1.807) is 38.3 Å². The number of nitrogens with one attached hydrogen (secondary N) is 1. The standard InChI is InChI=1S/C17H23N3O3S/c1-4-20(15-8-6-5-7-9-15)24(21,22)16-10-11-17(18-12-16)19-14(2)13-23-3/h5-12,14H,4,13H2,1-3H3,(H,18,19)/t14-/m0/s1. The molecular weight excluding hydrogens is 326 g/mol. The molecule has 1 heterocycles. The van der Waals surface area contributed by atoms with Crippen LogP contribution < -0.4 is 9.62 Å². The predicted molar refractivity (Wildman–Crippen MR) is 95.8 cm³/mol. The van der Waals surface area contributed by atoms with Crippen LogP contribution in [0.25, 0.3) is 0 Å². The molecule has 1 aromatic carbocycles. The number of aromatic nitrogens is 1. The third kappa shape index (κ3) is 4.24. The minimum Gasteiger partial charge on any atom is -0.383 e. The van der Waals surface area contributed by atoms with E-state index in [0.29, 0.717) is 24.7 Å². The van der Waals surface area contributed by atoms with Crippen molar-refractivity contribution in [2.45, 2.75) is 24.8 Å². The molecule has 0 radical (unpaired) electrons. The second kappa shape index (κ2) is 8.12. The highest BCUT2D eigenvalue weighted by atomic mass is 32.2. The van der Waals surface area contributed by atoms with Crippen LogP contribution >= 0.6 is 0 Å². The number of pyridine rings is 1. The molecule has 0 aliphatic heterocycles. The Hall–Kier alpha value is -2.12. The van der Waals surface area contributed by atoms with Crippen molar-refractivity contribution in [1.29, 1.82) is 0 Å². The van der Waals surface area contributed by atoms with E-state index in [9.17, 15) is 8.42 Å². The van der Waals surface area contributed by atoms with Gasteiger partial charge in [0.1, 0.15) is 10.7 Å². The largest absolute Gasteiger partial charge is 0.383 e. The Kier molecular flexibility index (Phi) is 6.16. The molecule has 0 fully saturated rings. The van der Waals surface area contributed by atoms with E-state index in [-0.39, 0.29) is 10.9 Å². The summed E-state index contributed by atoms with van der Waals surface area (Å²) in [5, 5.41) is 3.15. The molecule has 2 aromatic rings.